The molecule has 0 spiro atoms. The van der Waals surface area contributed by atoms with E-state index in [1.54, 1.807) is 7.11 Å². The van der Waals surface area contributed by atoms with E-state index in [0.29, 0.717) is 19.8 Å². The Kier molecular flexibility index (Phi) is 5.01. The van der Waals surface area contributed by atoms with Gasteiger partial charge in [0.25, 0.3) is 0 Å². The van der Waals surface area contributed by atoms with Gasteiger partial charge in [-0.1, -0.05) is 0 Å². The zero-order valence-electron chi connectivity index (χ0n) is 9.16. The fraction of sp³-hybridized carbons (Fsp3) is 0.900. The Hall–Kier alpha value is -0.650. The van der Waals surface area contributed by atoms with Crippen LogP contribution >= 0.6 is 0 Å². The molecule has 1 saturated carbocycles. The number of nitrogens with two attached hydrogens (primary N) is 1. The highest BCUT2D eigenvalue weighted by Gasteiger charge is 2.47. The molecule has 88 valence electrons. The van der Waals surface area contributed by atoms with E-state index in [0.717, 1.165) is 19.3 Å². The molecule has 0 aliphatic heterocycles. The summed E-state index contributed by atoms with van der Waals surface area (Å²) < 4.78 is 15.0. The van der Waals surface area contributed by atoms with Crippen molar-refractivity contribution in [2.45, 2.75) is 24.8 Å². The van der Waals surface area contributed by atoms with Crippen LogP contribution in [0.25, 0.3) is 0 Å². The third-order valence-corrected chi connectivity index (χ3v) is 2.29. The maximum Gasteiger partial charge on any atom is 0.326 e. The molecule has 0 aromatic carbocycles. The third-order valence-electron chi connectivity index (χ3n) is 2.29. The van der Waals surface area contributed by atoms with Gasteiger partial charge in [-0.05, 0) is 19.3 Å². The van der Waals surface area contributed by atoms with Gasteiger partial charge in [-0.15, -0.1) is 0 Å². The quantitative estimate of drug-likeness (QED) is 0.460. The number of hydrogen-bond donors (Lipinski definition) is 1. The van der Waals surface area contributed by atoms with E-state index in [9.17, 15) is 4.79 Å². The van der Waals surface area contributed by atoms with Gasteiger partial charge < -0.3 is 19.9 Å². The molecule has 5 nitrogen and oxygen atoms in total. The Labute approximate surface area is 89.9 Å². The van der Waals surface area contributed by atoms with Gasteiger partial charge in [0.05, 0.1) is 6.61 Å². The van der Waals surface area contributed by atoms with E-state index >= 15 is 0 Å². The first-order valence-electron chi connectivity index (χ1n) is 5.22. The smallest absolute Gasteiger partial charge is 0.326 e. The summed E-state index contributed by atoms with van der Waals surface area (Å²) >= 11 is 0. The van der Waals surface area contributed by atoms with Crippen molar-refractivity contribution >= 4 is 5.97 Å². The van der Waals surface area contributed by atoms with Crippen LogP contribution < -0.4 is 5.73 Å². The molecule has 0 amide bonds. The minimum Gasteiger partial charge on any atom is -0.462 e. The number of esters is 1. The molecule has 0 saturated heterocycles. The topological polar surface area (TPSA) is 70.8 Å². The van der Waals surface area contributed by atoms with Crippen molar-refractivity contribution in [2.24, 2.45) is 5.73 Å². The van der Waals surface area contributed by atoms with Gasteiger partial charge in [0.1, 0.15) is 12.1 Å². The summed E-state index contributed by atoms with van der Waals surface area (Å²) in [6.45, 7) is 2.02. The average molecular weight is 217 g/mol. The van der Waals surface area contributed by atoms with Crippen LogP contribution in [-0.2, 0) is 19.0 Å². The summed E-state index contributed by atoms with van der Waals surface area (Å²) in [5.74, 6) is -0.303. The van der Waals surface area contributed by atoms with Gasteiger partial charge in [-0.25, -0.2) is 0 Å². The Morgan fingerprint density at radius 3 is 2.60 bits per heavy atom. The van der Waals surface area contributed by atoms with E-state index in [-0.39, 0.29) is 12.6 Å². The molecule has 1 fully saturated rings. The Morgan fingerprint density at radius 2 is 2.00 bits per heavy atom. The molecule has 0 unspecified atom stereocenters. The van der Waals surface area contributed by atoms with Crippen LogP contribution in [0.2, 0.25) is 0 Å². The first-order chi connectivity index (χ1) is 7.19. The van der Waals surface area contributed by atoms with E-state index in [4.69, 9.17) is 19.9 Å². The predicted octanol–water partition coefficient (Wildman–Crippen LogP) is 0.0740. The van der Waals surface area contributed by atoms with Crippen molar-refractivity contribution in [3.63, 3.8) is 0 Å². The van der Waals surface area contributed by atoms with Crippen LogP contribution in [0.15, 0.2) is 0 Å². The van der Waals surface area contributed by atoms with Gasteiger partial charge in [0.2, 0.25) is 0 Å². The summed E-state index contributed by atoms with van der Waals surface area (Å²) in [6.07, 6.45) is 2.33. The molecule has 1 rings (SSSR count). The summed E-state index contributed by atoms with van der Waals surface area (Å²) in [7, 11) is 1.65. The molecule has 0 bridgehead atoms. The second-order valence-electron chi connectivity index (χ2n) is 3.75. The molecular weight excluding hydrogens is 198 g/mol. The molecule has 0 heterocycles. The van der Waals surface area contributed by atoms with Crippen LogP contribution in [0, 0.1) is 0 Å². The predicted molar refractivity (Wildman–Crippen MR) is 54.4 cm³/mol. The second kappa shape index (κ2) is 6.05. The van der Waals surface area contributed by atoms with Crippen molar-refractivity contribution in [2.75, 3.05) is 33.5 Å². The number of carbonyl (C=O) groups excluding carboxylic acids is 1. The second-order valence-corrected chi connectivity index (χ2v) is 3.75. The van der Waals surface area contributed by atoms with Crippen LogP contribution in [0.3, 0.4) is 0 Å². The largest absolute Gasteiger partial charge is 0.462 e. The van der Waals surface area contributed by atoms with Gasteiger partial charge in [-0.3, -0.25) is 4.79 Å². The van der Waals surface area contributed by atoms with Crippen LogP contribution in [0.5, 0.6) is 0 Å². The molecule has 0 radical (unpaired) electrons. The number of ether oxygens (including phenoxy) is 3. The fourth-order valence-electron chi connectivity index (χ4n) is 1.08. The number of carbonyl (C=O) groups is 1. The lowest BCUT2D eigenvalue weighted by molar-refractivity contribution is -0.147. The lowest BCUT2D eigenvalue weighted by atomic mass is 10.3. The maximum absolute atomic E-state index is 11.2. The van der Waals surface area contributed by atoms with Crippen molar-refractivity contribution in [1.29, 1.82) is 0 Å². The maximum atomic E-state index is 11.2. The summed E-state index contributed by atoms with van der Waals surface area (Å²) in [4.78, 5) is 11.2. The minimum absolute atomic E-state index is 0.283. The van der Waals surface area contributed by atoms with Gasteiger partial charge in [0, 0.05) is 20.3 Å². The molecule has 1 aliphatic rings. The lowest BCUT2D eigenvalue weighted by Gasteiger charge is -2.09. The van der Waals surface area contributed by atoms with E-state index < -0.39 is 5.54 Å². The van der Waals surface area contributed by atoms with Crippen molar-refractivity contribution in [3.05, 3.63) is 0 Å². The summed E-state index contributed by atoms with van der Waals surface area (Å²) in [6, 6.07) is 0. The summed E-state index contributed by atoms with van der Waals surface area (Å²) in [5, 5.41) is 0. The minimum atomic E-state index is -0.684. The normalized spacial score (nSPS) is 17.5. The Morgan fingerprint density at radius 1 is 1.27 bits per heavy atom. The number of rotatable bonds is 8. The van der Waals surface area contributed by atoms with Crippen LogP contribution in [-0.4, -0.2) is 45.0 Å². The van der Waals surface area contributed by atoms with Crippen molar-refractivity contribution < 1.29 is 19.0 Å². The molecular formula is C10H19NO4. The Balaban J connectivity index is 1.86. The lowest BCUT2D eigenvalue weighted by Crippen LogP contribution is -2.35. The molecule has 1 aliphatic carbocycles. The molecule has 2 N–H and O–H groups in total. The van der Waals surface area contributed by atoms with Gasteiger partial charge >= 0.3 is 5.97 Å². The van der Waals surface area contributed by atoms with Crippen LogP contribution in [0.1, 0.15) is 19.3 Å². The first kappa shape index (κ1) is 12.4. The highest BCUT2D eigenvalue weighted by molar-refractivity contribution is 5.83. The highest BCUT2D eigenvalue weighted by atomic mass is 16.6. The summed E-state index contributed by atoms with van der Waals surface area (Å²) in [5.41, 5.74) is 4.95. The van der Waals surface area contributed by atoms with Gasteiger partial charge in [-0.2, -0.15) is 0 Å². The highest BCUT2D eigenvalue weighted by Crippen LogP contribution is 2.33. The van der Waals surface area contributed by atoms with E-state index in [1.807, 2.05) is 0 Å². The first-order valence-corrected chi connectivity index (χ1v) is 5.22. The zero-order chi connectivity index (χ0) is 11.1. The Bertz CT molecular complexity index is 204. The molecule has 0 atom stereocenters. The SMILES string of the molecule is COCCCOCCOC(=O)C1(N)CC1. The van der Waals surface area contributed by atoms with E-state index in [1.165, 1.54) is 0 Å². The molecule has 0 aromatic heterocycles. The molecule has 0 aromatic rings. The molecule has 5 heteroatoms. The van der Waals surface area contributed by atoms with Crippen LogP contribution in [0.4, 0.5) is 0 Å². The third kappa shape index (κ3) is 4.59. The van der Waals surface area contributed by atoms with Crippen molar-refractivity contribution in [1.82, 2.24) is 0 Å². The van der Waals surface area contributed by atoms with E-state index in [2.05, 4.69) is 0 Å². The fourth-order valence-corrected chi connectivity index (χ4v) is 1.08. The van der Waals surface area contributed by atoms with Crippen molar-refractivity contribution in [3.8, 4) is 0 Å². The zero-order valence-corrected chi connectivity index (χ0v) is 9.16. The monoisotopic (exact) mass is 217 g/mol. The number of methoxy groups -OCH3 is 1. The van der Waals surface area contributed by atoms with Gasteiger partial charge in [0.15, 0.2) is 0 Å². The average Bonchev–Trinajstić information content (AvgIpc) is 2.96. The number of hydrogen-bond acceptors (Lipinski definition) is 5. The standard InChI is InChI=1S/C10H19NO4/c1-13-5-2-6-14-7-8-15-9(12)10(11)3-4-10/h2-8,11H2,1H3. The molecule has 15 heavy (non-hydrogen) atoms.